The summed E-state index contributed by atoms with van der Waals surface area (Å²) in [7, 11) is 0. The molecule has 56 valence electrons. The third-order valence-corrected chi connectivity index (χ3v) is 1.37. The highest BCUT2D eigenvalue weighted by Crippen LogP contribution is 2.01. The van der Waals surface area contributed by atoms with Crippen molar-refractivity contribution < 1.29 is 10.2 Å². The Morgan fingerprint density at radius 2 is 1.67 bits per heavy atom. The van der Waals surface area contributed by atoms with E-state index in [1.807, 2.05) is 0 Å². The molecule has 0 heterocycles. The number of aliphatic hydroxyl groups excluding tert-OH is 2. The average molecular weight is 154 g/mol. The van der Waals surface area contributed by atoms with E-state index in [0.717, 1.165) is 0 Å². The lowest BCUT2D eigenvalue weighted by Crippen LogP contribution is -2.38. The zero-order chi connectivity index (χ0) is 7.44. The molecule has 9 heavy (non-hydrogen) atoms. The van der Waals surface area contributed by atoms with Crippen LogP contribution in [0.3, 0.4) is 0 Å². The van der Waals surface area contributed by atoms with Gasteiger partial charge in [-0.25, -0.2) is 4.90 Å². The number of alkyl halides is 1. The minimum Gasteiger partial charge on any atom is -0.379 e. The molecule has 0 aliphatic heterocycles. The summed E-state index contributed by atoms with van der Waals surface area (Å²) in [6, 6.07) is 0.134. The molecule has 0 aromatic rings. The van der Waals surface area contributed by atoms with Crippen LogP contribution in [-0.4, -0.2) is 33.6 Å². The molecule has 2 N–H and O–H groups in total. The van der Waals surface area contributed by atoms with Crippen molar-refractivity contribution in [3.63, 3.8) is 0 Å². The third kappa shape index (κ3) is 3.01. The van der Waals surface area contributed by atoms with Crippen LogP contribution < -0.4 is 0 Å². The van der Waals surface area contributed by atoms with Crippen LogP contribution in [0.1, 0.15) is 13.8 Å². The molecule has 0 radical (unpaired) electrons. The van der Waals surface area contributed by atoms with Crippen LogP contribution in [-0.2, 0) is 0 Å². The second kappa shape index (κ2) is 4.06. The molecular formula is C5H12ClNO2. The van der Waals surface area contributed by atoms with Gasteiger partial charge in [-0.05, 0) is 13.8 Å². The first-order chi connectivity index (χ1) is 4.09. The highest BCUT2D eigenvalue weighted by Gasteiger charge is 2.13. The number of aliphatic hydroxyl groups is 2. The Morgan fingerprint density at radius 1 is 1.33 bits per heavy atom. The summed E-state index contributed by atoms with van der Waals surface area (Å²) in [5, 5.41) is 17.7. The van der Waals surface area contributed by atoms with Crippen LogP contribution in [0.25, 0.3) is 0 Å². The lowest BCUT2D eigenvalue weighted by molar-refractivity contribution is -0.0721. The summed E-state index contributed by atoms with van der Waals surface area (Å²) in [6.07, 6.45) is -1.38. The van der Waals surface area contributed by atoms with Gasteiger partial charge >= 0.3 is 0 Å². The molecule has 3 nitrogen and oxygen atoms in total. The molecule has 0 aliphatic carbocycles. The Morgan fingerprint density at radius 3 is 1.67 bits per heavy atom. The summed E-state index contributed by atoms with van der Waals surface area (Å²) in [5.41, 5.74) is 0. The molecule has 2 unspecified atom stereocenters. The van der Waals surface area contributed by atoms with Crippen LogP contribution in [0, 0.1) is 0 Å². The van der Waals surface area contributed by atoms with E-state index in [4.69, 9.17) is 21.8 Å². The first-order valence-electron chi connectivity index (χ1n) is 2.77. The molecule has 0 spiro atoms. The molecule has 0 amide bonds. The zero-order valence-electron chi connectivity index (χ0n) is 5.58. The standard InChI is InChI=1S/C5H12ClNO2/c1-4(8)7(3-6)5(2)9/h4-5,8-9H,3H2,1-2H3. The predicted octanol–water partition coefficient (Wildman–Crippen LogP) is 0.161. The van der Waals surface area contributed by atoms with E-state index in [1.54, 1.807) is 13.8 Å². The van der Waals surface area contributed by atoms with E-state index in [9.17, 15) is 0 Å². The number of hydrogen-bond acceptors (Lipinski definition) is 3. The van der Waals surface area contributed by atoms with Gasteiger partial charge in [-0.1, -0.05) is 0 Å². The van der Waals surface area contributed by atoms with Gasteiger partial charge in [0.15, 0.2) is 0 Å². The van der Waals surface area contributed by atoms with Crippen LogP contribution >= 0.6 is 11.6 Å². The monoisotopic (exact) mass is 153 g/mol. The summed E-state index contributed by atoms with van der Waals surface area (Å²) >= 11 is 5.36. The Bertz CT molecular complexity index is 69.4. The quantitative estimate of drug-likeness (QED) is 0.345. The van der Waals surface area contributed by atoms with E-state index >= 15 is 0 Å². The maximum Gasteiger partial charge on any atom is 0.107 e. The highest BCUT2D eigenvalue weighted by molar-refractivity contribution is 6.17. The van der Waals surface area contributed by atoms with Gasteiger partial charge in [0.1, 0.15) is 12.5 Å². The number of nitrogens with zero attached hydrogens (tertiary/aromatic N) is 1. The summed E-state index contributed by atoms with van der Waals surface area (Å²) < 4.78 is 0. The molecule has 0 aromatic carbocycles. The summed E-state index contributed by atoms with van der Waals surface area (Å²) in [6.45, 7) is 3.10. The predicted molar refractivity (Wildman–Crippen MR) is 35.9 cm³/mol. The van der Waals surface area contributed by atoms with Gasteiger partial charge in [0.2, 0.25) is 0 Å². The molecular weight excluding hydrogens is 142 g/mol. The Kier molecular flexibility index (Phi) is 4.14. The van der Waals surface area contributed by atoms with E-state index < -0.39 is 12.5 Å². The lowest BCUT2D eigenvalue weighted by Gasteiger charge is -2.24. The number of hydrogen-bond donors (Lipinski definition) is 2. The van der Waals surface area contributed by atoms with Crippen molar-refractivity contribution in [3.8, 4) is 0 Å². The number of rotatable bonds is 3. The van der Waals surface area contributed by atoms with Crippen LogP contribution in [0.15, 0.2) is 0 Å². The van der Waals surface area contributed by atoms with Gasteiger partial charge in [-0.3, -0.25) is 0 Å². The van der Waals surface area contributed by atoms with E-state index in [2.05, 4.69) is 0 Å². The van der Waals surface area contributed by atoms with Gasteiger partial charge in [0, 0.05) is 0 Å². The summed E-state index contributed by atoms with van der Waals surface area (Å²) in [4.78, 5) is 1.33. The Balaban J connectivity index is 3.68. The molecule has 0 saturated heterocycles. The van der Waals surface area contributed by atoms with Gasteiger partial charge in [-0.2, -0.15) is 0 Å². The maximum absolute atomic E-state index is 8.86. The van der Waals surface area contributed by atoms with E-state index in [-0.39, 0.29) is 6.00 Å². The van der Waals surface area contributed by atoms with Crippen molar-refractivity contribution in [1.29, 1.82) is 0 Å². The minimum atomic E-state index is -0.692. The lowest BCUT2D eigenvalue weighted by atomic mass is 10.5. The minimum absolute atomic E-state index is 0.134. The zero-order valence-corrected chi connectivity index (χ0v) is 6.34. The number of halogens is 1. The average Bonchev–Trinajstić information content (AvgIpc) is 1.64. The van der Waals surface area contributed by atoms with Crippen LogP contribution in [0.5, 0.6) is 0 Å². The van der Waals surface area contributed by atoms with Crippen molar-refractivity contribution in [2.75, 3.05) is 6.00 Å². The van der Waals surface area contributed by atoms with Crippen molar-refractivity contribution in [3.05, 3.63) is 0 Å². The molecule has 4 heteroatoms. The first-order valence-corrected chi connectivity index (χ1v) is 3.31. The van der Waals surface area contributed by atoms with Gasteiger partial charge in [-0.15, -0.1) is 11.6 Å². The Hall–Kier alpha value is 0.170. The van der Waals surface area contributed by atoms with Crippen LogP contribution in [0.2, 0.25) is 0 Å². The Labute approximate surface area is 59.9 Å². The molecule has 2 atom stereocenters. The van der Waals surface area contributed by atoms with E-state index in [0.29, 0.717) is 0 Å². The van der Waals surface area contributed by atoms with Crippen molar-refractivity contribution >= 4 is 11.6 Å². The third-order valence-electron chi connectivity index (χ3n) is 1.10. The topological polar surface area (TPSA) is 43.7 Å². The molecule has 0 rings (SSSR count). The fourth-order valence-corrected chi connectivity index (χ4v) is 0.911. The van der Waals surface area contributed by atoms with Gasteiger partial charge in [0.05, 0.1) is 6.00 Å². The SMILES string of the molecule is CC(O)N(CCl)C(C)O. The largest absolute Gasteiger partial charge is 0.379 e. The molecule has 0 aromatic heterocycles. The maximum atomic E-state index is 8.86. The molecule has 0 fully saturated rings. The molecule has 0 bridgehead atoms. The van der Waals surface area contributed by atoms with Gasteiger partial charge in [0.25, 0.3) is 0 Å². The van der Waals surface area contributed by atoms with Crippen molar-refractivity contribution in [2.45, 2.75) is 26.3 Å². The highest BCUT2D eigenvalue weighted by atomic mass is 35.5. The fourth-order valence-electron chi connectivity index (χ4n) is 0.512. The normalized spacial score (nSPS) is 18.0. The molecule has 0 saturated carbocycles. The molecule has 0 aliphatic rings. The van der Waals surface area contributed by atoms with Crippen molar-refractivity contribution in [2.24, 2.45) is 0 Å². The smallest absolute Gasteiger partial charge is 0.107 e. The van der Waals surface area contributed by atoms with Crippen molar-refractivity contribution in [1.82, 2.24) is 4.90 Å². The van der Waals surface area contributed by atoms with E-state index in [1.165, 1.54) is 4.90 Å². The summed E-state index contributed by atoms with van der Waals surface area (Å²) in [5.74, 6) is 0. The van der Waals surface area contributed by atoms with Crippen LogP contribution in [0.4, 0.5) is 0 Å². The van der Waals surface area contributed by atoms with Gasteiger partial charge < -0.3 is 10.2 Å². The fraction of sp³-hybridized carbons (Fsp3) is 1.00. The second-order valence-corrected chi connectivity index (χ2v) is 2.14. The first kappa shape index (κ1) is 9.17. The second-order valence-electron chi connectivity index (χ2n) is 1.90.